The fourth-order valence-electron chi connectivity index (χ4n) is 5.89. The lowest BCUT2D eigenvalue weighted by Crippen LogP contribution is -2.49. The predicted molar refractivity (Wildman–Crippen MR) is 89.1 cm³/mol. The van der Waals surface area contributed by atoms with Crippen LogP contribution in [0.25, 0.3) is 0 Å². The van der Waals surface area contributed by atoms with E-state index in [1.54, 1.807) is 11.1 Å². The molecule has 118 valence electrons. The largest absolute Gasteiger partial charge is 0.396 e. The molecule has 0 amide bonds. The maximum atomic E-state index is 9.99. The zero-order valence-electron chi connectivity index (χ0n) is 14.2. The van der Waals surface area contributed by atoms with Gasteiger partial charge in [0.25, 0.3) is 0 Å². The molecule has 1 saturated carbocycles. The van der Waals surface area contributed by atoms with Gasteiger partial charge in [-0.15, -0.1) is 6.58 Å². The van der Waals surface area contributed by atoms with E-state index in [-0.39, 0.29) is 5.41 Å². The van der Waals surface area contributed by atoms with Gasteiger partial charge in [-0.2, -0.15) is 0 Å². The molecule has 1 fully saturated rings. The van der Waals surface area contributed by atoms with Gasteiger partial charge in [0.15, 0.2) is 0 Å². The molecule has 0 aromatic carbocycles. The van der Waals surface area contributed by atoms with Crippen LogP contribution in [0.4, 0.5) is 0 Å². The molecule has 21 heavy (non-hydrogen) atoms. The minimum Gasteiger partial charge on any atom is -0.396 e. The summed E-state index contributed by atoms with van der Waals surface area (Å²) in [6.45, 7) is 11.6. The molecule has 0 aromatic heterocycles. The van der Waals surface area contributed by atoms with Crippen LogP contribution in [-0.4, -0.2) is 11.7 Å². The van der Waals surface area contributed by atoms with E-state index in [0.717, 1.165) is 0 Å². The van der Waals surface area contributed by atoms with Crippen molar-refractivity contribution in [1.82, 2.24) is 0 Å². The van der Waals surface area contributed by atoms with E-state index in [9.17, 15) is 5.11 Å². The zero-order chi connectivity index (χ0) is 15.3. The first-order chi connectivity index (χ1) is 9.87. The summed E-state index contributed by atoms with van der Waals surface area (Å²) in [7, 11) is 0. The van der Waals surface area contributed by atoms with Gasteiger partial charge in [-0.05, 0) is 67.1 Å². The van der Waals surface area contributed by atoms with Gasteiger partial charge in [0, 0.05) is 6.61 Å². The fraction of sp³-hybridized carbons (Fsp3) is 0.800. The van der Waals surface area contributed by atoms with E-state index in [0.29, 0.717) is 23.4 Å². The standard InChI is InChI=1S/C20H32O/c1-5-18(2)12-9-16-15(13-18)7-8-17-19(3,14-21)10-6-11-20(16,17)4/h5,17,21H,1,6-14H2,2-4H3/t17?,18-,19+,20+/m1/s1. The van der Waals surface area contributed by atoms with Crippen LogP contribution in [0.1, 0.15) is 72.1 Å². The Morgan fingerprint density at radius 2 is 1.95 bits per heavy atom. The third-order valence-electron chi connectivity index (χ3n) is 7.32. The molecule has 4 atom stereocenters. The minimum absolute atomic E-state index is 0.144. The second-order valence-corrected chi connectivity index (χ2v) is 8.79. The lowest BCUT2D eigenvalue weighted by atomic mass is 9.47. The van der Waals surface area contributed by atoms with Crippen molar-refractivity contribution in [3.8, 4) is 0 Å². The van der Waals surface area contributed by atoms with Crippen LogP contribution in [0.3, 0.4) is 0 Å². The van der Waals surface area contributed by atoms with E-state index in [1.165, 1.54) is 51.4 Å². The molecule has 0 saturated heterocycles. The quantitative estimate of drug-likeness (QED) is 0.687. The fourth-order valence-corrected chi connectivity index (χ4v) is 5.89. The molecular formula is C20H32O. The first-order valence-electron chi connectivity index (χ1n) is 8.83. The van der Waals surface area contributed by atoms with Crippen molar-refractivity contribution in [2.75, 3.05) is 6.61 Å². The van der Waals surface area contributed by atoms with Crippen molar-refractivity contribution in [2.24, 2.45) is 22.2 Å². The Hall–Kier alpha value is -0.560. The van der Waals surface area contributed by atoms with Crippen LogP contribution >= 0.6 is 0 Å². The maximum absolute atomic E-state index is 9.99. The second kappa shape index (κ2) is 4.98. The van der Waals surface area contributed by atoms with E-state index < -0.39 is 0 Å². The highest BCUT2D eigenvalue weighted by Gasteiger charge is 2.53. The highest BCUT2D eigenvalue weighted by atomic mass is 16.3. The summed E-state index contributed by atoms with van der Waals surface area (Å²) in [5.41, 5.74) is 4.33. The summed E-state index contributed by atoms with van der Waals surface area (Å²) in [5, 5.41) is 9.99. The molecule has 0 aromatic rings. The van der Waals surface area contributed by atoms with Crippen LogP contribution in [0, 0.1) is 22.2 Å². The van der Waals surface area contributed by atoms with E-state index in [4.69, 9.17) is 0 Å². The van der Waals surface area contributed by atoms with Crippen LogP contribution in [-0.2, 0) is 0 Å². The molecule has 3 aliphatic carbocycles. The third-order valence-corrected chi connectivity index (χ3v) is 7.32. The molecule has 0 heterocycles. The van der Waals surface area contributed by atoms with E-state index in [1.807, 2.05) is 0 Å². The van der Waals surface area contributed by atoms with Gasteiger partial charge in [-0.1, -0.05) is 44.4 Å². The summed E-state index contributed by atoms with van der Waals surface area (Å²) in [5.74, 6) is 0.676. The summed E-state index contributed by atoms with van der Waals surface area (Å²) in [4.78, 5) is 0. The zero-order valence-corrected chi connectivity index (χ0v) is 14.2. The van der Waals surface area contributed by atoms with Gasteiger partial charge in [-0.3, -0.25) is 0 Å². The number of rotatable bonds is 2. The first-order valence-corrected chi connectivity index (χ1v) is 8.83. The van der Waals surface area contributed by atoms with Gasteiger partial charge >= 0.3 is 0 Å². The number of hydrogen-bond acceptors (Lipinski definition) is 1. The molecule has 0 bridgehead atoms. The average molecular weight is 288 g/mol. The van der Waals surface area contributed by atoms with Crippen LogP contribution in [0.15, 0.2) is 23.8 Å². The van der Waals surface area contributed by atoms with E-state index >= 15 is 0 Å². The monoisotopic (exact) mass is 288 g/mol. The minimum atomic E-state index is 0.144. The maximum Gasteiger partial charge on any atom is 0.0487 e. The van der Waals surface area contributed by atoms with Crippen molar-refractivity contribution in [1.29, 1.82) is 0 Å². The number of allylic oxidation sites excluding steroid dienone is 3. The molecule has 1 nitrogen and oxygen atoms in total. The Kier molecular flexibility index (Phi) is 3.64. The molecule has 0 spiro atoms. The Balaban J connectivity index is 1.98. The van der Waals surface area contributed by atoms with Gasteiger partial charge in [-0.25, -0.2) is 0 Å². The van der Waals surface area contributed by atoms with Gasteiger partial charge < -0.3 is 5.11 Å². The SMILES string of the molecule is C=C[C@]1(C)CCC2=C(CCC3[C@](C)(CO)CCC[C@@]23C)C1. The van der Waals surface area contributed by atoms with Crippen molar-refractivity contribution >= 4 is 0 Å². The number of aliphatic hydroxyl groups excluding tert-OH is 1. The van der Waals surface area contributed by atoms with E-state index in [2.05, 4.69) is 33.4 Å². The highest BCUT2D eigenvalue weighted by molar-refractivity contribution is 5.32. The Bertz CT molecular complexity index is 476. The average Bonchev–Trinajstić information content (AvgIpc) is 2.46. The summed E-state index contributed by atoms with van der Waals surface area (Å²) in [6.07, 6.45) is 12.3. The molecule has 0 radical (unpaired) electrons. The van der Waals surface area contributed by atoms with Crippen molar-refractivity contribution in [2.45, 2.75) is 72.1 Å². The number of hydrogen-bond donors (Lipinski definition) is 1. The highest BCUT2D eigenvalue weighted by Crippen LogP contribution is 2.62. The van der Waals surface area contributed by atoms with Gasteiger partial charge in [0.1, 0.15) is 0 Å². The molecule has 1 N–H and O–H groups in total. The lowest BCUT2D eigenvalue weighted by molar-refractivity contribution is -0.0415. The normalized spacial score (nSPS) is 46.8. The summed E-state index contributed by atoms with van der Waals surface area (Å²) in [6, 6.07) is 0. The molecule has 1 heteroatoms. The predicted octanol–water partition coefficient (Wildman–Crippen LogP) is 5.26. The Morgan fingerprint density at radius 3 is 2.62 bits per heavy atom. The van der Waals surface area contributed by atoms with Crippen molar-refractivity contribution in [3.05, 3.63) is 23.8 Å². The molecule has 1 unspecified atom stereocenters. The molecular weight excluding hydrogens is 256 g/mol. The van der Waals surface area contributed by atoms with Crippen LogP contribution < -0.4 is 0 Å². The Morgan fingerprint density at radius 1 is 1.19 bits per heavy atom. The number of aliphatic hydroxyl groups is 1. The van der Waals surface area contributed by atoms with Gasteiger partial charge in [0.2, 0.25) is 0 Å². The number of fused-ring (bicyclic) bond motifs is 2. The van der Waals surface area contributed by atoms with Crippen molar-refractivity contribution in [3.63, 3.8) is 0 Å². The second-order valence-electron chi connectivity index (χ2n) is 8.79. The lowest BCUT2D eigenvalue weighted by Gasteiger charge is -2.57. The first kappa shape index (κ1) is 15.3. The Labute approximate surface area is 130 Å². The van der Waals surface area contributed by atoms with Crippen LogP contribution in [0.5, 0.6) is 0 Å². The molecule has 3 aliphatic rings. The topological polar surface area (TPSA) is 20.2 Å². The third kappa shape index (κ3) is 2.23. The summed E-state index contributed by atoms with van der Waals surface area (Å²) >= 11 is 0. The van der Waals surface area contributed by atoms with Crippen molar-refractivity contribution < 1.29 is 5.11 Å². The smallest absolute Gasteiger partial charge is 0.0487 e. The molecule has 3 rings (SSSR count). The molecule has 0 aliphatic heterocycles. The van der Waals surface area contributed by atoms with Gasteiger partial charge in [0.05, 0.1) is 0 Å². The van der Waals surface area contributed by atoms with Crippen LogP contribution in [0.2, 0.25) is 0 Å². The summed E-state index contributed by atoms with van der Waals surface area (Å²) < 4.78 is 0.